The van der Waals surface area contributed by atoms with E-state index in [0.29, 0.717) is 15.9 Å². The van der Waals surface area contributed by atoms with E-state index in [9.17, 15) is 0 Å². The van der Waals surface area contributed by atoms with E-state index in [4.69, 9.17) is 34.8 Å². The Bertz CT molecular complexity index is 315. The normalized spacial score (nSPS) is 11.0. The Morgan fingerprint density at radius 3 is 2.47 bits per heavy atom. The highest BCUT2D eigenvalue weighted by Crippen LogP contribution is 2.23. The van der Waals surface area contributed by atoms with Crippen LogP contribution in [-0.4, -0.2) is 23.9 Å². The van der Waals surface area contributed by atoms with Gasteiger partial charge < -0.3 is 0 Å². The van der Waals surface area contributed by atoms with Crippen molar-refractivity contribution in [2.75, 3.05) is 19.0 Å². The zero-order valence-corrected chi connectivity index (χ0v) is 10.9. The van der Waals surface area contributed by atoms with Crippen molar-refractivity contribution >= 4 is 34.8 Å². The Morgan fingerprint density at radius 1 is 1.20 bits per heavy atom. The van der Waals surface area contributed by atoms with Gasteiger partial charge in [-0.25, -0.2) is 0 Å². The topological polar surface area (TPSA) is 3.24 Å². The highest BCUT2D eigenvalue weighted by Gasteiger charge is 2.04. The minimum atomic E-state index is 0.598. The lowest BCUT2D eigenvalue weighted by Gasteiger charge is -2.19. The number of hydrogen-bond donors (Lipinski definition) is 0. The predicted octanol–water partition coefficient (Wildman–Crippen LogP) is 4.05. The quantitative estimate of drug-likeness (QED) is 0.727. The number of hydrogen-bond acceptors (Lipinski definition) is 1. The predicted molar refractivity (Wildman–Crippen MR) is 68.1 cm³/mol. The molecule has 1 aromatic carbocycles. The smallest absolute Gasteiger partial charge is 0.0595 e. The van der Waals surface area contributed by atoms with Crippen LogP contribution in [-0.2, 0) is 6.54 Å². The first-order valence-corrected chi connectivity index (χ1v) is 6.18. The van der Waals surface area contributed by atoms with Gasteiger partial charge in [-0.3, -0.25) is 4.90 Å². The fraction of sp³-hybridized carbons (Fsp3) is 0.455. The first kappa shape index (κ1) is 13.1. The van der Waals surface area contributed by atoms with Gasteiger partial charge in [0.1, 0.15) is 0 Å². The second kappa shape index (κ2) is 6.59. The third-order valence-electron chi connectivity index (χ3n) is 2.24. The first-order valence-electron chi connectivity index (χ1n) is 4.89. The summed E-state index contributed by atoms with van der Waals surface area (Å²) in [5.41, 5.74) is 1.16. The molecule has 0 aromatic heterocycles. The molecule has 4 heteroatoms. The van der Waals surface area contributed by atoms with Crippen LogP contribution in [0.5, 0.6) is 0 Å². The van der Waals surface area contributed by atoms with Gasteiger partial charge in [0.05, 0.1) is 10.0 Å². The van der Waals surface area contributed by atoms with Gasteiger partial charge in [0, 0.05) is 19.0 Å². The van der Waals surface area contributed by atoms with Gasteiger partial charge in [-0.15, -0.1) is 11.6 Å². The maximum absolute atomic E-state index is 5.94. The van der Waals surface area contributed by atoms with E-state index in [1.54, 1.807) is 0 Å². The molecule has 0 fully saturated rings. The lowest BCUT2D eigenvalue weighted by atomic mass is 10.2. The van der Waals surface area contributed by atoms with Crippen LogP contribution >= 0.6 is 34.8 Å². The summed E-state index contributed by atoms with van der Waals surface area (Å²) < 4.78 is 0. The van der Waals surface area contributed by atoms with Crippen LogP contribution in [0.4, 0.5) is 0 Å². The van der Waals surface area contributed by atoms with Gasteiger partial charge in [-0.1, -0.05) is 36.2 Å². The SMILES string of the molecule is CCN(CCCl)Cc1ccc(Cl)c(Cl)c1. The van der Waals surface area contributed by atoms with Gasteiger partial charge in [0.2, 0.25) is 0 Å². The first-order chi connectivity index (χ1) is 7.17. The molecule has 0 saturated carbocycles. The summed E-state index contributed by atoms with van der Waals surface area (Å²) in [6, 6.07) is 5.72. The average molecular weight is 267 g/mol. The van der Waals surface area contributed by atoms with Gasteiger partial charge >= 0.3 is 0 Å². The molecule has 0 bridgehead atoms. The third-order valence-corrected chi connectivity index (χ3v) is 3.15. The summed E-state index contributed by atoms with van der Waals surface area (Å²) in [5.74, 6) is 0.648. The van der Waals surface area contributed by atoms with E-state index in [0.717, 1.165) is 25.2 Å². The van der Waals surface area contributed by atoms with Crippen molar-refractivity contribution in [2.24, 2.45) is 0 Å². The summed E-state index contributed by atoms with van der Waals surface area (Å²) in [5, 5.41) is 1.21. The van der Waals surface area contributed by atoms with Crippen LogP contribution in [0.25, 0.3) is 0 Å². The molecule has 0 amide bonds. The van der Waals surface area contributed by atoms with Crippen molar-refractivity contribution in [3.63, 3.8) is 0 Å². The largest absolute Gasteiger partial charge is 0.298 e. The van der Waals surface area contributed by atoms with Crippen LogP contribution in [0.1, 0.15) is 12.5 Å². The minimum Gasteiger partial charge on any atom is -0.298 e. The van der Waals surface area contributed by atoms with Gasteiger partial charge in [0.25, 0.3) is 0 Å². The Balaban J connectivity index is 2.66. The number of benzene rings is 1. The average Bonchev–Trinajstić information content (AvgIpc) is 2.23. The number of rotatable bonds is 5. The molecule has 0 unspecified atom stereocenters. The molecule has 84 valence electrons. The summed E-state index contributed by atoms with van der Waals surface area (Å²) in [4.78, 5) is 2.26. The molecule has 0 aliphatic rings. The van der Waals surface area contributed by atoms with Crippen molar-refractivity contribution in [3.05, 3.63) is 33.8 Å². The Kier molecular flexibility index (Phi) is 5.77. The molecule has 0 spiro atoms. The Hall–Kier alpha value is 0.0500. The van der Waals surface area contributed by atoms with Crippen LogP contribution in [0.15, 0.2) is 18.2 Å². The summed E-state index contributed by atoms with van der Waals surface area (Å²) in [6.45, 7) is 4.84. The van der Waals surface area contributed by atoms with E-state index >= 15 is 0 Å². The molecule has 1 rings (SSSR count). The van der Waals surface area contributed by atoms with Gasteiger partial charge in [-0.05, 0) is 24.2 Å². The second-order valence-electron chi connectivity index (χ2n) is 3.31. The molecule has 0 heterocycles. The van der Waals surface area contributed by atoms with E-state index in [1.165, 1.54) is 0 Å². The molecule has 15 heavy (non-hydrogen) atoms. The lowest BCUT2D eigenvalue weighted by Crippen LogP contribution is -2.24. The van der Waals surface area contributed by atoms with E-state index in [2.05, 4.69) is 11.8 Å². The molecule has 0 atom stereocenters. The minimum absolute atomic E-state index is 0.598. The maximum atomic E-state index is 5.94. The molecular formula is C11H14Cl3N. The maximum Gasteiger partial charge on any atom is 0.0595 e. The van der Waals surface area contributed by atoms with Crippen molar-refractivity contribution in [1.29, 1.82) is 0 Å². The molecule has 1 nitrogen and oxygen atoms in total. The summed E-state index contributed by atoms with van der Waals surface area (Å²) in [6.07, 6.45) is 0. The zero-order valence-electron chi connectivity index (χ0n) is 8.64. The Labute approximate surface area is 106 Å². The van der Waals surface area contributed by atoms with Crippen LogP contribution < -0.4 is 0 Å². The number of halogens is 3. The summed E-state index contributed by atoms with van der Waals surface area (Å²) >= 11 is 17.5. The van der Waals surface area contributed by atoms with Crippen LogP contribution in [0.2, 0.25) is 10.0 Å². The fourth-order valence-electron chi connectivity index (χ4n) is 1.36. The highest BCUT2D eigenvalue weighted by atomic mass is 35.5. The molecule has 0 aliphatic heterocycles. The number of alkyl halides is 1. The van der Waals surface area contributed by atoms with Crippen LogP contribution in [0, 0.1) is 0 Å². The van der Waals surface area contributed by atoms with Crippen molar-refractivity contribution in [3.8, 4) is 0 Å². The van der Waals surface area contributed by atoms with Crippen molar-refractivity contribution < 1.29 is 0 Å². The molecule has 0 N–H and O–H groups in total. The summed E-state index contributed by atoms with van der Waals surface area (Å²) in [7, 11) is 0. The zero-order chi connectivity index (χ0) is 11.3. The number of nitrogens with zero attached hydrogens (tertiary/aromatic N) is 1. The van der Waals surface area contributed by atoms with Crippen LogP contribution in [0.3, 0.4) is 0 Å². The molecule has 0 aliphatic carbocycles. The highest BCUT2D eigenvalue weighted by molar-refractivity contribution is 6.42. The molecule has 0 saturated heterocycles. The van der Waals surface area contributed by atoms with E-state index in [1.807, 2.05) is 18.2 Å². The van der Waals surface area contributed by atoms with Gasteiger partial charge in [-0.2, -0.15) is 0 Å². The standard InChI is InChI=1S/C11H14Cl3N/c1-2-15(6-5-12)8-9-3-4-10(13)11(14)7-9/h3-4,7H,2,5-6,8H2,1H3. The lowest BCUT2D eigenvalue weighted by molar-refractivity contribution is 0.297. The fourth-order valence-corrected chi connectivity index (χ4v) is 1.92. The van der Waals surface area contributed by atoms with Gasteiger partial charge in [0.15, 0.2) is 0 Å². The monoisotopic (exact) mass is 265 g/mol. The van der Waals surface area contributed by atoms with Crippen molar-refractivity contribution in [1.82, 2.24) is 4.90 Å². The van der Waals surface area contributed by atoms with Crippen molar-refractivity contribution in [2.45, 2.75) is 13.5 Å². The van der Waals surface area contributed by atoms with E-state index < -0.39 is 0 Å². The third kappa shape index (κ3) is 4.20. The molecular weight excluding hydrogens is 252 g/mol. The molecule has 1 aromatic rings. The second-order valence-corrected chi connectivity index (χ2v) is 4.50. The Morgan fingerprint density at radius 2 is 1.93 bits per heavy atom. The molecule has 0 radical (unpaired) electrons. The van der Waals surface area contributed by atoms with E-state index in [-0.39, 0.29) is 0 Å².